The van der Waals surface area contributed by atoms with Gasteiger partial charge in [-0.2, -0.15) is 13.2 Å². The van der Waals surface area contributed by atoms with Gasteiger partial charge in [-0.25, -0.2) is 9.97 Å². The molecule has 0 aliphatic carbocycles. The van der Waals surface area contributed by atoms with Crippen molar-refractivity contribution in [2.75, 3.05) is 18.0 Å². The second-order valence-electron chi connectivity index (χ2n) is 4.46. The zero-order valence-electron chi connectivity index (χ0n) is 9.82. The molecule has 0 amide bonds. The maximum Gasteiger partial charge on any atom is 0.389 e. The van der Waals surface area contributed by atoms with E-state index in [1.165, 1.54) is 12.3 Å². The average Bonchev–Trinajstić information content (AvgIpc) is 2.73. The summed E-state index contributed by atoms with van der Waals surface area (Å²) in [7, 11) is 0. The Hall–Kier alpha value is -1.37. The number of hydrogen-bond acceptors (Lipinski definition) is 4. The summed E-state index contributed by atoms with van der Waals surface area (Å²) < 4.78 is 36.4. The van der Waals surface area contributed by atoms with Gasteiger partial charge in [0, 0.05) is 37.4 Å². The summed E-state index contributed by atoms with van der Waals surface area (Å²) in [6.07, 6.45) is -2.77. The van der Waals surface area contributed by atoms with Gasteiger partial charge in [0.25, 0.3) is 0 Å². The first kappa shape index (κ1) is 13.1. The van der Waals surface area contributed by atoms with Crippen LogP contribution in [-0.4, -0.2) is 35.3 Å². The highest BCUT2D eigenvalue weighted by molar-refractivity contribution is 5.32. The molecule has 100 valence electrons. The first-order valence-electron chi connectivity index (χ1n) is 5.83. The maximum atomic E-state index is 12.1. The average molecular weight is 260 g/mol. The lowest BCUT2D eigenvalue weighted by molar-refractivity contribution is -0.134. The van der Waals surface area contributed by atoms with Crippen LogP contribution in [0.4, 0.5) is 19.1 Å². The minimum Gasteiger partial charge on any atom is -0.339 e. The smallest absolute Gasteiger partial charge is 0.339 e. The van der Waals surface area contributed by atoms with Crippen molar-refractivity contribution in [2.24, 2.45) is 5.73 Å². The van der Waals surface area contributed by atoms with Crippen molar-refractivity contribution in [1.29, 1.82) is 0 Å². The van der Waals surface area contributed by atoms with E-state index in [0.717, 1.165) is 13.0 Å². The summed E-state index contributed by atoms with van der Waals surface area (Å²) in [4.78, 5) is 10.1. The Morgan fingerprint density at radius 3 is 2.83 bits per heavy atom. The molecule has 0 radical (unpaired) electrons. The van der Waals surface area contributed by atoms with Crippen LogP contribution in [0.2, 0.25) is 0 Å². The van der Waals surface area contributed by atoms with Gasteiger partial charge in [0.1, 0.15) is 0 Å². The van der Waals surface area contributed by atoms with E-state index in [0.29, 0.717) is 18.2 Å². The molecule has 1 fully saturated rings. The molecule has 4 nitrogen and oxygen atoms in total. The second kappa shape index (κ2) is 5.09. The van der Waals surface area contributed by atoms with Crippen molar-refractivity contribution in [3.63, 3.8) is 0 Å². The molecule has 1 atom stereocenters. The molecule has 7 heteroatoms. The summed E-state index contributed by atoms with van der Waals surface area (Å²) in [6.45, 7) is 1.41. The highest BCUT2D eigenvalue weighted by Crippen LogP contribution is 2.22. The van der Waals surface area contributed by atoms with E-state index in [4.69, 9.17) is 5.73 Å². The van der Waals surface area contributed by atoms with Gasteiger partial charge in [-0.15, -0.1) is 0 Å². The molecular formula is C11H15F3N4. The molecule has 0 bridgehead atoms. The highest BCUT2D eigenvalue weighted by atomic mass is 19.4. The van der Waals surface area contributed by atoms with E-state index in [1.807, 2.05) is 4.90 Å². The molecule has 2 N–H and O–H groups in total. The first-order valence-corrected chi connectivity index (χ1v) is 5.83. The molecule has 0 aromatic carbocycles. The standard InChI is InChI=1S/C11H15F3N4/c12-11(13,14)4-1-9-2-5-16-10(17-9)18-6-3-8(15)7-18/h2,5,8H,1,3-4,6-7,15H2/t8-/m1/s1. The molecule has 1 aromatic heterocycles. The van der Waals surface area contributed by atoms with Crippen LogP contribution in [0.1, 0.15) is 18.5 Å². The Morgan fingerprint density at radius 1 is 1.44 bits per heavy atom. The number of nitrogens with two attached hydrogens (primary N) is 1. The molecule has 18 heavy (non-hydrogen) atoms. The van der Waals surface area contributed by atoms with Gasteiger partial charge >= 0.3 is 6.18 Å². The topological polar surface area (TPSA) is 55.0 Å². The van der Waals surface area contributed by atoms with Gasteiger partial charge in [0.15, 0.2) is 0 Å². The predicted molar refractivity (Wildman–Crippen MR) is 61.2 cm³/mol. The fourth-order valence-electron chi connectivity index (χ4n) is 1.91. The van der Waals surface area contributed by atoms with E-state index in [-0.39, 0.29) is 12.5 Å². The minimum absolute atomic E-state index is 0.0902. The monoisotopic (exact) mass is 260 g/mol. The van der Waals surface area contributed by atoms with Crippen molar-refractivity contribution in [3.8, 4) is 0 Å². The summed E-state index contributed by atoms with van der Waals surface area (Å²) in [5.74, 6) is 0.475. The van der Waals surface area contributed by atoms with E-state index >= 15 is 0 Å². The Balaban J connectivity index is 2.01. The largest absolute Gasteiger partial charge is 0.389 e. The van der Waals surface area contributed by atoms with E-state index < -0.39 is 12.6 Å². The van der Waals surface area contributed by atoms with Crippen molar-refractivity contribution in [2.45, 2.75) is 31.5 Å². The maximum absolute atomic E-state index is 12.1. The Bertz CT molecular complexity index is 408. The Morgan fingerprint density at radius 2 is 2.22 bits per heavy atom. The second-order valence-corrected chi connectivity index (χ2v) is 4.46. The third-order valence-electron chi connectivity index (χ3n) is 2.87. The van der Waals surface area contributed by atoms with Gasteiger partial charge < -0.3 is 10.6 Å². The lowest BCUT2D eigenvalue weighted by atomic mass is 10.2. The van der Waals surface area contributed by atoms with Crippen molar-refractivity contribution >= 4 is 5.95 Å². The summed E-state index contributed by atoms with van der Waals surface area (Å²) in [6, 6.07) is 1.61. The molecule has 1 aliphatic heterocycles. The zero-order valence-corrected chi connectivity index (χ0v) is 9.82. The van der Waals surface area contributed by atoms with E-state index in [1.54, 1.807) is 0 Å². The van der Waals surface area contributed by atoms with Gasteiger partial charge in [-0.05, 0) is 18.9 Å². The van der Waals surface area contributed by atoms with Crippen LogP contribution in [0.5, 0.6) is 0 Å². The van der Waals surface area contributed by atoms with Crippen LogP contribution in [0.25, 0.3) is 0 Å². The molecule has 0 saturated carbocycles. The van der Waals surface area contributed by atoms with Gasteiger partial charge in [0.05, 0.1) is 0 Å². The molecular weight excluding hydrogens is 245 g/mol. The molecule has 0 unspecified atom stereocenters. The highest BCUT2D eigenvalue weighted by Gasteiger charge is 2.27. The normalized spacial score (nSPS) is 20.4. The molecule has 1 saturated heterocycles. The van der Waals surface area contributed by atoms with Crippen LogP contribution in [0.3, 0.4) is 0 Å². The first-order chi connectivity index (χ1) is 8.44. The zero-order chi connectivity index (χ0) is 13.2. The quantitative estimate of drug-likeness (QED) is 0.895. The number of anilines is 1. The van der Waals surface area contributed by atoms with E-state index in [2.05, 4.69) is 9.97 Å². The number of alkyl halides is 3. The molecule has 2 heterocycles. The summed E-state index contributed by atoms with van der Waals surface area (Å²) in [5, 5.41) is 0. The summed E-state index contributed by atoms with van der Waals surface area (Å²) >= 11 is 0. The van der Waals surface area contributed by atoms with Crippen molar-refractivity contribution < 1.29 is 13.2 Å². The van der Waals surface area contributed by atoms with Crippen LogP contribution < -0.4 is 10.6 Å². The predicted octanol–water partition coefficient (Wildman–Crippen LogP) is 1.51. The van der Waals surface area contributed by atoms with Crippen LogP contribution in [0, 0.1) is 0 Å². The lowest BCUT2D eigenvalue weighted by Gasteiger charge is -2.16. The van der Waals surface area contributed by atoms with Crippen molar-refractivity contribution in [1.82, 2.24) is 9.97 Å². The molecule has 1 aliphatic rings. The minimum atomic E-state index is -4.15. The van der Waals surface area contributed by atoms with Gasteiger partial charge in [-0.3, -0.25) is 0 Å². The van der Waals surface area contributed by atoms with Gasteiger partial charge in [-0.1, -0.05) is 0 Å². The third-order valence-corrected chi connectivity index (χ3v) is 2.87. The van der Waals surface area contributed by atoms with Crippen LogP contribution >= 0.6 is 0 Å². The molecule has 0 spiro atoms. The number of aryl methyl sites for hydroxylation is 1. The number of aromatic nitrogens is 2. The van der Waals surface area contributed by atoms with Crippen LogP contribution in [-0.2, 0) is 6.42 Å². The number of nitrogens with zero attached hydrogens (tertiary/aromatic N) is 3. The number of halogens is 3. The van der Waals surface area contributed by atoms with Crippen LogP contribution in [0.15, 0.2) is 12.3 Å². The summed E-state index contributed by atoms with van der Waals surface area (Å²) in [5.41, 5.74) is 6.18. The van der Waals surface area contributed by atoms with Crippen molar-refractivity contribution in [3.05, 3.63) is 18.0 Å². The Kier molecular flexibility index (Phi) is 3.70. The molecule has 1 aromatic rings. The fourth-order valence-corrected chi connectivity index (χ4v) is 1.91. The molecule has 2 rings (SSSR count). The fraction of sp³-hybridized carbons (Fsp3) is 0.636. The Labute approximate surface area is 103 Å². The lowest BCUT2D eigenvalue weighted by Crippen LogP contribution is -2.27. The SMILES string of the molecule is N[C@@H]1CCN(c2nccc(CCC(F)(F)F)n2)C1. The number of rotatable bonds is 3. The van der Waals surface area contributed by atoms with Gasteiger partial charge in [0.2, 0.25) is 5.95 Å². The number of hydrogen-bond donors (Lipinski definition) is 1. The van der Waals surface area contributed by atoms with E-state index in [9.17, 15) is 13.2 Å². The third kappa shape index (κ3) is 3.56.